The number of rotatable bonds is 8. The number of halogens is 4. The summed E-state index contributed by atoms with van der Waals surface area (Å²) in [5.41, 5.74) is 0.451. The Morgan fingerprint density at radius 3 is 2.29 bits per heavy atom. The highest BCUT2D eigenvalue weighted by atomic mass is 35.5. The van der Waals surface area contributed by atoms with E-state index in [9.17, 15) is 27.9 Å². The first-order valence-corrected chi connectivity index (χ1v) is 8.06. The van der Waals surface area contributed by atoms with E-state index in [-0.39, 0.29) is 36.1 Å². The molecule has 0 amide bonds. The number of ketones is 1. The summed E-state index contributed by atoms with van der Waals surface area (Å²) >= 11 is 0. The number of carboxylic acid groups (broad SMARTS) is 1. The number of hydrogen-bond acceptors (Lipinski definition) is 4. The van der Waals surface area contributed by atoms with E-state index in [0.717, 1.165) is 17.7 Å². The van der Waals surface area contributed by atoms with Gasteiger partial charge in [0, 0.05) is 12.2 Å². The van der Waals surface area contributed by atoms with E-state index in [1.165, 1.54) is 31.2 Å². The van der Waals surface area contributed by atoms with Crippen molar-refractivity contribution in [1.29, 1.82) is 0 Å². The van der Waals surface area contributed by atoms with Crippen molar-refractivity contribution >= 4 is 29.8 Å². The van der Waals surface area contributed by atoms with Crippen LogP contribution in [0.2, 0.25) is 0 Å². The molecule has 0 aliphatic rings. The lowest BCUT2D eigenvalue weighted by molar-refractivity contribution is -0.137. The molecule has 0 bridgehead atoms. The monoisotopic (exact) mass is 417 g/mol. The number of carboxylic acids is 1. The smallest absolute Gasteiger partial charge is 0.416 e. The number of nitrogens with one attached hydrogen (secondary N) is 1. The molecule has 28 heavy (non-hydrogen) atoms. The van der Waals surface area contributed by atoms with Crippen LogP contribution in [-0.4, -0.2) is 30.0 Å². The van der Waals surface area contributed by atoms with Crippen molar-refractivity contribution in [2.75, 3.05) is 18.5 Å². The molecule has 0 fully saturated rings. The van der Waals surface area contributed by atoms with Crippen LogP contribution in [0.4, 0.5) is 18.9 Å². The number of carbonyl (C=O) groups is 2. The van der Waals surface area contributed by atoms with Gasteiger partial charge in [-0.2, -0.15) is 13.2 Å². The number of alkyl halides is 3. The molecule has 0 saturated heterocycles. The Balaban J connectivity index is 0.00000392. The van der Waals surface area contributed by atoms with Gasteiger partial charge in [0.05, 0.1) is 5.56 Å². The summed E-state index contributed by atoms with van der Waals surface area (Å²) < 4.78 is 42.8. The van der Waals surface area contributed by atoms with Crippen molar-refractivity contribution in [3.05, 3.63) is 59.2 Å². The molecule has 5 nitrogen and oxygen atoms in total. The lowest BCUT2D eigenvalue weighted by Gasteiger charge is -2.12. The van der Waals surface area contributed by atoms with Crippen molar-refractivity contribution in [1.82, 2.24) is 0 Å². The second-order valence-corrected chi connectivity index (χ2v) is 5.88. The van der Waals surface area contributed by atoms with Gasteiger partial charge in [0.2, 0.25) is 0 Å². The summed E-state index contributed by atoms with van der Waals surface area (Å²) in [5.74, 6) is -1.34. The summed E-state index contributed by atoms with van der Waals surface area (Å²) in [7, 11) is 0. The van der Waals surface area contributed by atoms with E-state index >= 15 is 0 Å². The fourth-order valence-corrected chi connectivity index (χ4v) is 2.32. The average molecular weight is 418 g/mol. The molecule has 0 aliphatic heterocycles. The van der Waals surface area contributed by atoms with Gasteiger partial charge < -0.3 is 15.2 Å². The zero-order valence-electron chi connectivity index (χ0n) is 14.9. The predicted molar refractivity (Wildman–Crippen MR) is 100 cm³/mol. The first-order valence-electron chi connectivity index (χ1n) is 8.06. The highest BCUT2D eigenvalue weighted by molar-refractivity contribution is 5.92. The third kappa shape index (κ3) is 6.77. The van der Waals surface area contributed by atoms with Crippen LogP contribution in [0, 0.1) is 0 Å². The maximum atomic E-state index is 12.5. The fourth-order valence-electron chi connectivity index (χ4n) is 2.32. The Hall–Kier alpha value is -2.74. The lowest BCUT2D eigenvalue weighted by atomic mass is 10.1. The highest BCUT2D eigenvalue weighted by Crippen LogP contribution is 2.29. The third-order valence-electron chi connectivity index (χ3n) is 3.66. The quantitative estimate of drug-likeness (QED) is 0.663. The molecule has 0 radical (unpaired) electrons. The van der Waals surface area contributed by atoms with E-state index in [4.69, 9.17) is 4.74 Å². The zero-order chi connectivity index (χ0) is 20.0. The standard InChI is InChI=1S/C19H18F3NO4.ClH/c1-12(24)11-27-17-7-6-15(10-16(17)18(25)26)23-9-8-13-2-4-14(5-3-13)19(20,21)22;/h2-7,10,23H,8-9,11H2,1H3,(H,25,26);1H. The van der Waals surface area contributed by atoms with Crippen molar-refractivity contribution < 1.29 is 32.6 Å². The van der Waals surface area contributed by atoms with Gasteiger partial charge in [-0.05, 0) is 49.2 Å². The van der Waals surface area contributed by atoms with Crippen LogP contribution >= 0.6 is 12.4 Å². The number of anilines is 1. The van der Waals surface area contributed by atoms with Gasteiger partial charge in [0.25, 0.3) is 0 Å². The van der Waals surface area contributed by atoms with Gasteiger partial charge in [-0.1, -0.05) is 12.1 Å². The predicted octanol–water partition coefficient (Wildman–Crippen LogP) is 4.45. The minimum absolute atomic E-state index is 0. The van der Waals surface area contributed by atoms with E-state index < -0.39 is 17.7 Å². The van der Waals surface area contributed by atoms with Crippen LogP contribution in [-0.2, 0) is 17.4 Å². The second-order valence-electron chi connectivity index (χ2n) is 5.88. The molecule has 0 aliphatic carbocycles. The maximum absolute atomic E-state index is 12.5. The lowest BCUT2D eigenvalue weighted by Crippen LogP contribution is -2.11. The first-order chi connectivity index (χ1) is 12.7. The minimum atomic E-state index is -4.36. The second kappa shape index (κ2) is 9.98. The molecular weight excluding hydrogens is 399 g/mol. The van der Waals surface area contributed by atoms with E-state index in [0.29, 0.717) is 18.7 Å². The number of carbonyl (C=O) groups excluding carboxylic acids is 1. The molecule has 0 heterocycles. The van der Waals surface area contributed by atoms with Crippen molar-refractivity contribution in [3.8, 4) is 5.75 Å². The summed E-state index contributed by atoms with van der Waals surface area (Å²) in [6, 6.07) is 9.31. The fraction of sp³-hybridized carbons (Fsp3) is 0.263. The van der Waals surface area contributed by atoms with Crippen LogP contribution in [0.5, 0.6) is 5.75 Å². The Bertz CT molecular complexity index is 823. The van der Waals surface area contributed by atoms with Crippen molar-refractivity contribution in [2.24, 2.45) is 0 Å². The largest absolute Gasteiger partial charge is 0.485 e. The van der Waals surface area contributed by atoms with Gasteiger partial charge in [-0.15, -0.1) is 12.4 Å². The Kier molecular flexibility index (Phi) is 8.31. The molecule has 0 unspecified atom stereocenters. The van der Waals surface area contributed by atoms with Crippen LogP contribution in [0.1, 0.15) is 28.4 Å². The Morgan fingerprint density at radius 1 is 1.11 bits per heavy atom. The molecule has 0 aromatic heterocycles. The summed E-state index contributed by atoms with van der Waals surface area (Å²) in [6.45, 7) is 1.51. The number of aromatic carboxylic acids is 1. The van der Waals surface area contributed by atoms with Crippen LogP contribution < -0.4 is 10.1 Å². The van der Waals surface area contributed by atoms with E-state index in [1.807, 2.05) is 0 Å². The van der Waals surface area contributed by atoms with Crippen LogP contribution in [0.15, 0.2) is 42.5 Å². The van der Waals surface area contributed by atoms with Crippen molar-refractivity contribution in [3.63, 3.8) is 0 Å². The average Bonchev–Trinajstić information content (AvgIpc) is 2.60. The molecule has 0 atom stereocenters. The zero-order valence-corrected chi connectivity index (χ0v) is 15.7. The number of ether oxygens (including phenoxy) is 1. The van der Waals surface area contributed by atoms with Crippen LogP contribution in [0.25, 0.3) is 0 Å². The molecule has 0 saturated carbocycles. The van der Waals surface area contributed by atoms with Crippen LogP contribution in [0.3, 0.4) is 0 Å². The third-order valence-corrected chi connectivity index (χ3v) is 3.66. The molecule has 2 aromatic rings. The van der Waals surface area contributed by atoms with Gasteiger partial charge >= 0.3 is 12.1 Å². The number of benzene rings is 2. The number of Topliss-reactive ketones (excluding diaryl/α,β-unsaturated/α-hetero) is 1. The van der Waals surface area contributed by atoms with E-state index in [2.05, 4.69) is 5.32 Å². The Morgan fingerprint density at radius 2 is 1.75 bits per heavy atom. The molecule has 9 heteroatoms. The van der Waals surface area contributed by atoms with Gasteiger partial charge in [-0.25, -0.2) is 4.79 Å². The molecule has 2 rings (SSSR count). The Labute approximate surface area is 165 Å². The van der Waals surface area contributed by atoms with Gasteiger partial charge in [0.15, 0.2) is 5.78 Å². The summed E-state index contributed by atoms with van der Waals surface area (Å²) in [6.07, 6.45) is -3.90. The maximum Gasteiger partial charge on any atom is 0.416 e. The summed E-state index contributed by atoms with van der Waals surface area (Å²) in [4.78, 5) is 22.3. The number of hydrogen-bond donors (Lipinski definition) is 2. The topological polar surface area (TPSA) is 75.6 Å². The molecular formula is C19H19ClF3NO4. The summed E-state index contributed by atoms with van der Waals surface area (Å²) in [5, 5.41) is 12.3. The van der Waals surface area contributed by atoms with Gasteiger partial charge in [0.1, 0.15) is 17.9 Å². The van der Waals surface area contributed by atoms with Crippen molar-refractivity contribution in [2.45, 2.75) is 19.5 Å². The molecule has 0 spiro atoms. The van der Waals surface area contributed by atoms with Gasteiger partial charge in [-0.3, -0.25) is 4.79 Å². The first kappa shape index (κ1) is 23.3. The van der Waals surface area contributed by atoms with E-state index in [1.54, 1.807) is 6.07 Å². The molecule has 152 valence electrons. The minimum Gasteiger partial charge on any atom is -0.485 e. The molecule has 2 aromatic carbocycles. The highest BCUT2D eigenvalue weighted by Gasteiger charge is 2.29. The molecule has 2 N–H and O–H groups in total. The normalized spacial score (nSPS) is 10.7. The SMILES string of the molecule is CC(=O)COc1ccc(NCCc2ccc(C(F)(F)F)cc2)cc1C(=O)O.Cl.